The molecule has 6 heteroatoms. The van der Waals surface area contributed by atoms with E-state index in [1.165, 1.54) is 0 Å². The van der Waals surface area contributed by atoms with Crippen LogP contribution in [-0.4, -0.2) is 23.6 Å². The second-order valence-electron chi connectivity index (χ2n) is 6.69. The van der Waals surface area contributed by atoms with Crippen molar-refractivity contribution < 1.29 is 18.7 Å². The monoisotopic (exact) mass is 344 g/mol. The van der Waals surface area contributed by atoms with E-state index in [1.807, 2.05) is 30.3 Å². The van der Waals surface area contributed by atoms with E-state index < -0.39 is 17.7 Å². The number of amides is 2. The summed E-state index contributed by atoms with van der Waals surface area (Å²) in [6.07, 6.45) is 1.29. The lowest BCUT2D eigenvalue weighted by Crippen LogP contribution is -2.49. The van der Waals surface area contributed by atoms with Crippen molar-refractivity contribution in [3.05, 3.63) is 60.1 Å². The fraction of sp³-hybridized carbons (Fsp3) is 0.368. The van der Waals surface area contributed by atoms with Crippen molar-refractivity contribution in [2.45, 2.75) is 45.4 Å². The number of carbonyl (C=O) groups is 2. The Labute approximate surface area is 147 Å². The molecule has 2 N–H and O–H groups in total. The van der Waals surface area contributed by atoms with Crippen LogP contribution >= 0.6 is 0 Å². The van der Waals surface area contributed by atoms with E-state index >= 15 is 0 Å². The average molecular weight is 344 g/mol. The van der Waals surface area contributed by atoms with Gasteiger partial charge in [-0.3, -0.25) is 4.79 Å². The highest BCUT2D eigenvalue weighted by Crippen LogP contribution is 2.09. The summed E-state index contributed by atoms with van der Waals surface area (Å²) >= 11 is 0. The number of hydrogen-bond acceptors (Lipinski definition) is 4. The molecule has 1 aromatic heterocycles. The Kier molecular flexibility index (Phi) is 6.22. The van der Waals surface area contributed by atoms with Crippen LogP contribution in [0, 0.1) is 0 Å². The molecule has 1 aromatic carbocycles. The Morgan fingerprint density at radius 1 is 1.12 bits per heavy atom. The third kappa shape index (κ3) is 6.71. The quantitative estimate of drug-likeness (QED) is 0.844. The molecule has 0 aliphatic carbocycles. The Hall–Kier alpha value is -2.76. The van der Waals surface area contributed by atoms with Gasteiger partial charge in [0.15, 0.2) is 0 Å². The summed E-state index contributed by atoms with van der Waals surface area (Å²) in [7, 11) is 0. The second-order valence-corrected chi connectivity index (χ2v) is 6.69. The van der Waals surface area contributed by atoms with Crippen LogP contribution in [0.3, 0.4) is 0 Å². The Balaban J connectivity index is 2.02. The molecule has 0 aliphatic rings. The van der Waals surface area contributed by atoms with Gasteiger partial charge in [0, 0.05) is 6.42 Å². The third-order valence-corrected chi connectivity index (χ3v) is 3.31. The van der Waals surface area contributed by atoms with Gasteiger partial charge in [-0.05, 0) is 38.5 Å². The Bertz CT molecular complexity index is 675. The summed E-state index contributed by atoms with van der Waals surface area (Å²) in [4.78, 5) is 24.6. The molecule has 0 saturated carbocycles. The molecule has 0 bridgehead atoms. The predicted octanol–water partition coefficient (Wildman–Crippen LogP) is 3.03. The molecule has 0 saturated heterocycles. The van der Waals surface area contributed by atoms with Crippen molar-refractivity contribution in [3.8, 4) is 0 Å². The first-order chi connectivity index (χ1) is 11.8. The first kappa shape index (κ1) is 18.6. The van der Waals surface area contributed by atoms with E-state index in [0.717, 1.165) is 5.56 Å². The molecule has 1 atom stereocenters. The van der Waals surface area contributed by atoms with Gasteiger partial charge in [0.2, 0.25) is 5.91 Å². The molecule has 0 aliphatic heterocycles. The summed E-state index contributed by atoms with van der Waals surface area (Å²) in [5.74, 6) is 0.343. The van der Waals surface area contributed by atoms with E-state index in [-0.39, 0.29) is 12.5 Å². The highest BCUT2D eigenvalue weighted by Gasteiger charge is 2.24. The first-order valence-electron chi connectivity index (χ1n) is 8.17. The highest BCUT2D eigenvalue weighted by atomic mass is 16.6. The third-order valence-electron chi connectivity index (χ3n) is 3.31. The topological polar surface area (TPSA) is 80.6 Å². The average Bonchev–Trinajstić information content (AvgIpc) is 3.04. The van der Waals surface area contributed by atoms with Crippen molar-refractivity contribution in [1.82, 2.24) is 10.6 Å². The molecular formula is C19H24N2O4. The van der Waals surface area contributed by atoms with Gasteiger partial charge in [0.25, 0.3) is 0 Å². The van der Waals surface area contributed by atoms with E-state index in [1.54, 1.807) is 39.2 Å². The SMILES string of the molecule is CC(C)(C)OC(=O)NC(Cc1ccccc1)C(=O)NCc1ccco1. The second kappa shape index (κ2) is 8.37. The molecule has 0 radical (unpaired) electrons. The summed E-state index contributed by atoms with van der Waals surface area (Å²) in [6, 6.07) is 12.3. The minimum Gasteiger partial charge on any atom is -0.467 e. The van der Waals surface area contributed by atoms with Crippen LogP contribution in [0.25, 0.3) is 0 Å². The Morgan fingerprint density at radius 3 is 2.44 bits per heavy atom. The number of nitrogens with one attached hydrogen (secondary N) is 2. The molecule has 0 fully saturated rings. The van der Waals surface area contributed by atoms with Gasteiger partial charge in [-0.2, -0.15) is 0 Å². The molecule has 6 nitrogen and oxygen atoms in total. The van der Waals surface area contributed by atoms with Gasteiger partial charge in [0.05, 0.1) is 12.8 Å². The lowest BCUT2D eigenvalue weighted by Gasteiger charge is -2.23. The number of ether oxygens (including phenoxy) is 1. The fourth-order valence-electron chi connectivity index (χ4n) is 2.22. The lowest BCUT2D eigenvalue weighted by atomic mass is 10.1. The molecule has 2 rings (SSSR count). The number of furan rings is 1. The molecular weight excluding hydrogens is 320 g/mol. The normalized spacial score (nSPS) is 12.3. The van der Waals surface area contributed by atoms with Crippen LogP contribution in [0.5, 0.6) is 0 Å². The Morgan fingerprint density at radius 2 is 1.84 bits per heavy atom. The summed E-state index contributed by atoms with van der Waals surface area (Å²) < 4.78 is 10.5. The maximum atomic E-state index is 12.5. The van der Waals surface area contributed by atoms with Crippen LogP contribution in [0.1, 0.15) is 32.1 Å². The molecule has 25 heavy (non-hydrogen) atoms. The number of carbonyl (C=O) groups excluding carboxylic acids is 2. The van der Waals surface area contributed by atoms with Crippen LogP contribution in [0.15, 0.2) is 53.1 Å². The minimum absolute atomic E-state index is 0.257. The van der Waals surface area contributed by atoms with E-state index in [4.69, 9.17) is 9.15 Å². The molecule has 2 amide bonds. The van der Waals surface area contributed by atoms with Gasteiger partial charge in [0.1, 0.15) is 17.4 Å². The van der Waals surface area contributed by atoms with Gasteiger partial charge < -0.3 is 19.8 Å². The summed E-state index contributed by atoms with van der Waals surface area (Å²) in [6.45, 7) is 5.58. The van der Waals surface area contributed by atoms with Crippen molar-refractivity contribution in [1.29, 1.82) is 0 Å². The number of alkyl carbamates (subject to hydrolysis) is 1. The van der Waals surface area contributed by atoms with Gasteiger partial charge in [-0.15, -0.1) is 0 Å². The summed E-state index contributed by atoms with van der Waals surface area (Å²) in [5.41, 5.74) is 0.308. The van der Waals surface area contributed by atoms with E-state index in [9.17, 15) is 9.59 Å². The van der Waals surface area contributed by atoms with Crippen molar-refractivity contribution in [2.24, 2.45) is 0 Å². The number of hydrogen-bond donors (Lipinski definition) is 2. The van der Waals surface area contributed by atoms with Crippen molar-refractivity contribution >= 4 is 12.0 Å². The molecule has 1 unspecified atom stereocenters. The lowest BCUT2D eigenvalue weighted by molar-refractivity contribution is -0.123. The van der Waals surface area contributed by atoms with Gasteiger partial charge >= 0.3 is 6.09 Å². The van der Waals surface area contributed by atoms with Gasteiger partial charge in [-0.1, -0.05) is 30.3 Å². The van der Waals surface area contributed by atoms with Gasteiger partial charge in [-0.25, -0.2) is 4.79 Å². The van der Waals surface area contributed by atoms with Crippen molar-refractivity contribution in [2.75, 3.05) is 0 Å². The van der Waals surface area contributed by atoms with Crippen LogP contribution in [0.2, 0.25) is 0 Å². The van der Waals surface area contributed by atoms with Crippen LogP contribution < -0.4 is 10.6 Å². The zero-order chi connectivity index (χ0) is 18.3. The maximum absolute atomic E-state index is 12.5. The van der Waals surface area contributed by atoms with E-state index in [0.29, 0.717) is 12.2 Å². The molecule has 1 heterocycles. The zero-order valence-corrected chi connectivity index (χ0v) is 14.7. The molecule has 2 aromatic rings. The fourth-order valence-corrected chi connectivity index (χ4v) is 2.22. The van der Waals surface area contributed by atoms with Crippen LogP contribution in [0.4, 0.5) is 4.79 Å². The standard InChI is InChI=1S/C19H24N2O4/c1-19(2,3)25-18(23)21-16(12-14-8-5-4-6-9-14)17(22)20-13-15-10-7-11-24-15/h4-11,16H,12-13H2,1-3H3,(H,20,22)(H,21,23). The highest BCUT2D eigenvalue weighted by molar-refractivity contribution is 5.85. The smallest absolute Gasteiger partial charge is 0.408 e. The first-order valence-corrected chi connectivity index (χ1v) is 8.17. The number of rotatable bonds is 6. The predicted molar refractivity (Wildman–Crippen MR) is 93.9 cm³/mol. The van der Waals surface area contributed by atoms with Crippen molar-refractivity contribution in [3.63, 3.8) is 0 Å². The largest absolute Gasteiger partial charge is 0.467 e. The number of benzene rings is 1. The zero-order valence-electron chi connectivity index (χ0n) is 14.7. The minimum atomic E-state index is -0.743. The van der Waals surface area contributed by atoms with E-state index in [2.05, 4.69) is 10.6 Å². The summed E-state index contributed by atoms with van der Waals surface area (Å²) in [5, 5.41) is 5.42. The molecule has 0 spiro atoms. The van der Waals surface area contributed by atoms with Crippen LogP contribution in [-0.2, 0) is 22.5 Å². The molecule has 134 valence electrons. The maximum Gasteiger partial charge on any atom is 0.408 e.